The van der Waals surface area contributed by atoms with Gasteiger partial charge in [0.1, 0.15) is 5.82 Å². The molecule has 1 fully saturated rings. The largest absolute Gasteiger partial charge is 0.444 e. The lowest BCUT2D eigenvalue weighted by molar-refractivity contribution is -0.137. The maximum absolute atomic E-state index is 12.4. The highest BCUT2D eigenvalue weighted by Gasteiger charge is 2.42. The van der Waals surface area contributed by atoms with Crippen molar-refractivity contribution in [3.8, 4) is 12.3 Å². The molecule has 106 valence electrons. The van der Waals surface area contributed by atoms with E-state index < -0.39 is 11.2 Å². The van der Waals surface area contributed by atoms with Gasteiger partial charge >= 0.3 is 6.18 Å². The number of hydrogen-bond acceptors (Lipinski definition) is 3. The Morgan fingerprint density at radius 2 is 2.21 bits per heavy atom. The minimum Gasteiger partial charge on any atom is -0.215 e. The number of nitrogens with zero attached hydrogens (tertiary/aromatic N) is 2. The SMILES string of the molecule is C#CCC1(CC)CC(Cc2nsc(C(F)(F)F)n2)C1.[HH]. The second-order valence-electron chi connectivity index (χ2n) is 5.23. The van der Waals surface area contributed by atoms with Gasteiger partial charge in [-0.2, -0.15) is 17.5 Å². The highest BCUT2D eigenvalue weighted by molar-refractivity contribution is 7.05. The summed E-state index contributed by atoms with van der Waals surface area (Å²) in [5, 5.41) is -0.854. The molecule has 0 saturated heterocycles. The van der Waals surface area contributed by atoms with Gasteiger partial charge in [-0.05, 0) is 42.1 Å². The van der Waals surface area contributed by atoms with Crippen LogP contribution in [-0.2, 0) is 12.6 Å². The van der Waals surface area contributed by atoms with Crippen molar-refractivity contribution in [2.24, 2.45) is 11.3 Å². The fourth-order valence-electron chi connectivity index (χ4n) is 2.79. The average molecular weight is 290 g/mol. The third kappa shape index (κ3) is 3.08. The van der Waals surface area contributed by atoms with E-state index in [4.69, 9.17) is 6.42 Å². The highest BCUT2D eigenvalue weighted by atomic mass is 32.1. The van der Waals surface area contributed by atoms with Crippen LogP contribution < -0.4 is 0 Å². The third-order valence-corrected chi connectivity index (χ3v) is 4.65. The van der Waals surface area contributed by atoms with E-state index in [9.17, 15) is 13.2 Å². The minimum atomic E-state index is -4.38. The second-order valence-corrected chi connectivity index (χ2v) is 5.98. The van der Waals surface area contributed by atoms with Crippen molar-refractivity contribution in [1.82, 2.24) is 9.36 Å². The summed E-state index contributed by atoms with van der Waals surface area (Å²) < 4.78 is 41.0. The Bertz CT molecular complexity index is 487. The molecule has 2 nitrogen and oxygen atoms in total. The van der Waals surface area contributed by atoms with Gasteiger partial charge in [0.05, 0.1) is 0 Å². The Kier molecular flexibility index (Phi) is 3.86. The molecule has 0 atom stereocenters. The van der Waals surface area contributed by atoms with E-state index >= 15 is 0 Å². The molecule has 2 rings (SSSR count). The van der Waals surface area contributed by atoms with Gasteiger partial charge in [0.25, 0.3) is 0 Å². The molecular formula is C13H17F3N2S. The maximum Gasteiger partial charge on any atom is 0.444 e. The van der Waals surface area contributed by atoms with Crippen molar-refractivity contribution in [1.29, 1.82) is 0 Å². The van der Waals surface area contributed by atoms with Gasteiger partial charge in [0, 0.05) is 14.3 Å². The molecule has 19 heavy (non-hydrogen) atoms. The van der Waals surface area contributed by atoms with E-state index in [1.165, 1.54) is 0 Å². The fourth-order valence-corrected chi connectivity index (χ4v) is 3.35. The molecule has 0 unspecified atom stereocenters. The lowest BCUT2D eigenvalue weighted by atomic mass is 9.58. The summed E-state index contributed by atoms with van der Waals surface area (Å²) in [6.07, 6.45) is 5.20. The first kappa shape index (κ1) is 14.3. The molecule has 0 aliphatic heterocycles. The Labute approximate surface area is 116 Å². The van der Waals surface area contributed by atoms with Gasteiger partial charge in [0.15, 0.2) is 0 Å². The van der Waals surface area contributed by atoms with Crippen LogP contribution in [0.25, 0.3) is 0 Å². The van der Waals surface area contributed by atoms with E-state index in [0.717, 1.165) is 25.7 Å². The molecule has 0 radical (unpaired) electrons. The van der Waals surface area contributed by atoms with Gasteiger partial charge in [-0.3, -0.25) is 0 Å². The van der Waals surface area contributed by atoms with Crippen molar-refractivity contribution in [2.45, 2.75) is 45.2 Å². The zero-order valence-electron chi connectivity index (χ0n) is 10.6. The second kappa shape index (κ2) is 5.12. The molecule has 1 aromatic heterocycles. The average Bonchev–Trinajstić information content (AvgIpc) is 2.74. The van der Waals surface area contributed by atoms with Crippen LogP contribution in [0.4, 0.5) is 13.2 Å². The molecule has 1 aliphatic rings. The summed E-state index contributed by atoms with van der Waals surface area (Å²) in [7, 11) is 0. The molecule has 1 saturated carbocycles. The van der Waals surface area contributed by atoms with Crippen LogP contribution in [0.2, 0.25) is 0 Å². The van der Waals surface area contributed by atoms with E-state index in [2.05, 4.69) is 22.2 Å². The molecule has 1 aliphatic carbocycles. The highest BCUT2D eigenvalue weighted by Crippen LogP contribution is 2.51. The van der Waals surface area contributed by atoms with Crippen LogP contribution >= 0.6 is 11.5 Å². The molecule has 0 aromatic carbocycles. The molecule has 0 bridgehead atoms. The normalized spacial score (nSPS) is 26.8. The molecule has 0 N–H and O–H groups in total. The topological polar surface area (TPSA) is 25.8 Å². The van der Waals surface area contributed by atoms with Gasteiger partial charge in [-0.25, -0.2) is 4.98 Å². The molecule has 0 amide bonds. The number of aromatic nitrogens is 2. The van der Waals surface area contributed by atoms with Gasteiger partial charge in [-0.1, -0.05) is 6.92 Å². The Morgan fingerprint density at radius 3 is 2.68 bits per heavy atom. The molecule has 1 heterocycles. The number of hydrogen-bond donors (Lipinski definition) is 0. The summed E-state index contributed by atoms with van der Waals surface area (Å²) in [6.45, 7) is 2.11. The molecule has 1 aromatic rings. The Morgan fingerprint density at radius 1 is 1.53 bits per heavy atom. The lowest BCUT2D eigenvalue weighted by Crippen LogP contribution is -2.37. The fraction of sp³-hybridized carbons (Fsp3) is 0.692. The van der Waals surface area contributed by atoms with Crippen LogP contribution in [0.1, 0.15) is 44.9 Å². The van der Waals surface area contributed by atoms with Crippen LogP contribution in [0.5, 0.6) is 0 Å². The first-order chi connectivity index (χ1) is 8.88. The first-order valence-corrected chi connectivity index (χ1v) is 6.99. The first-order valence-electron chi connectivity index (χ1n) is 6.22. The van der Waals surface area contributed by atoms with E-state index in [-0.39, 0.29) is 6.84 Å². The summed E-state index contributed by atoms with van der Waals surface area (Å²) in [5.74, 6) is 3.37. The lowest BCUT2D eigenvalue weighted by Gasteiger charge is -2.46. The predicted molar refractivity (Wildman–Crippen MR) is 69.6 cm³/mol. The van der Waals surface area contributed by atoms with E-state index in [0.29, 0.717) is 29.7 Å². The Hall–Kier alpha value is -1.09. The molecule has 6 heteroatoms. The summed E-state index contributed by atoms with van der Waals surface area (Å²) in [5.41, 5.74) is 0.197. The van der Waals surface area contributed by atoms with Crippen LogP contribution in [0.15, 0.2) is 0 Å². The van der Waals surface area contributed by atoms with Crippen LogP contribution in [0, 0.1) is 23.7 Å². The van der Waals surface area contributed by atoms with E-state index in [1.807, 2.05) is 0 Å². The summed E-state index contributed by atoms with van der Waals surface area (Å²) in [6, 6.07) is 0. The zero-order chi connectivity index (χ0) is 14.1. The quantitative estimate of drug-likeness (QED) is 0.778. The molecule has 0 spiro atoms. The third-order valence-electron chi connectivity index (χ3n) is 3.85. The minimum absolute atomic E-state index is 0. The number of halogens is 3. The summed E-state index contributed by atoms with van der Waals surface area (Å²) in [4.78, 5) is 3.57. The van der Waals surface area contributed by atoms with Crippen molar-refractivity contribution < 1.29 is 14.6 Å². The van der Waals surface area contributed by atoms with Crippen LogP contribution in [0.3, 0.4) is 0 Å². The number of rotatable bonds is 4. The van der Waals surface area contributed by atoms with Gasteiger partial charge in [0.2, 0.25) is 5.01 Å². The smallest absolute Gasteiger partial charge is 0.215 e. The van der Waals surface area contributed by atoms with Crippen molar-refractivity contribution >= 4 is 11.5 Å². The van der Waals surface area contributed by atoms with Crippen LogP contribution in [-0.4, -0.2) is 9.36 Å². The maximum atomic E-state index is 12.4. The van der Waals surface area contributed by atoms with Crippen molar-refractivity contribution in [3.05, 3.63) is 10.8 Å². The van der Waals surface area contributed by atoms with E-state index in [1.54, 1.807) is 0 Å². The monoisotopic (exact) mass is 290 g/mol. The number of alkyl halides is 3. The Balaban J connectivity index is 0.00000200. The van der Waals surface area contributed by atoms with Crippen molar-refractivity contribution in [3.63, 3.8) is 0 Å². The summed E-state index contributed by atoms with van der Waals surface area (Å²) >= 11 is 0.431. The predicted octanol–water partition coefficient (Wildman–Crippen LogP) is 4.18. The molecular weight excluding hydrogens is 273 g/mol. The standard InChI is InChI=1S/C13H15F3N2S.H2/c1-3-5-12(4-2)7-9(8-12)6-10-17-11(19-18-10)13(14,15)16;/h1,9H,4-8H2,2H3;1H. The van der Waals surface area contributed by atoms with Crippen molar-refractivity contribution in [2.75, 3.05) is 0 Å². The van der Waals surface area contributed by atoms with Gasteiger partial charge in [-0.15, -0.1) is 12.3 Å². The van der Waals surface area contributed by atoms with Gasteiger partial charge < -0.3 is 0 Å². The number of terminal acetylenes is 1. The zero-order valence-corrected chi connectivity index (χ0v) is 11.4.